The number of hydrogen-bond acceptors (Lipinski definition) is 3. The highest BCUT2D eigenvalue weighted by atomic mass is 16.5. The summed E-state index contributed by atoms with van der Waals surface area (Å²) < 4.78 is 5.36. The maximum Gasteiger partial charge on any atom is 0.130 e. The lowest BCUT2D eigenvalue weighted by Crippen LogP contribution is -2.27. The molecular weight excluding hydrogens is 238 g/mol. The number of nitrogens with zero attached hydrogens (tertiary/aromatic N) is 1. The van der Waals surface area contributed by atoms with E-state index in [1.807, 2.05) is 43.3 Å². The molecule has 0 saturated heterocycles. The van der Waals surface area contributed by atoms with Gasteiger partial charge in [-0.25, -0.2) is 0 Å². The molecule has 0 saturated carbocycles. The molecule has 0 radical (unpaired) electrons. The fraction of sp³-hybridized carbons (Fsp3) is 0.250. The van der Waals surface area contributed by atoms with Gasteiger partial charge < -0.3 is 9.53 Å². The van der Waals surface area contributed by atoms with E-state index >= 15 is 0 Å². The lowest BCUT2D eigenvalue weighted by Gasteiger charge is -2.25. The number of carbonyl (C=O) groups excluding carboxylic acids is 1. The van der Waals surface area contributed by atoms with Crippen LogP contribution in [0.1, 0.15) is 18.1 Å². The molecule has 1 aromatic carbocycles. The molecule has 0 bridgehead atoms. The monoisotopic (exact) mass is 255 g/mol. The first-order chi connectivity index (χ1) is 9.19. The SMILES string of the molecule is COc1ccccc1C(C)(C=O)Cc1ccncc1. The topological polar surface area (TPSA) is 39.2 Å². The molecule has 98 valence electrons. The van der Waals surface area contributed by atoms with Crippen molar-refractivity contribution in [1.82, 2.24) is 4.98 Å². The van der Waals surface area contributed by atoms with Gasteiger partial charge in [0.15, 0.2) is 0 Å². The molecule has 0 aliphatic rings. The summed E-state index contributed by atoms with van der Waals surface area (Å²) in [5.41, 5.74) is 1.38. The molecule has 2 rings (SSSR count). The number of methoxy groups -OCH3 is 1. The van der Waals surface area contributed by atoms with Crippen LogP contribution in [0.25, 0.3) is 0 Å². The Labute approximate surface area is 113 Å². The number of pyridine rings is 1. The van der Waals surface area contributed by atoms with Crippen LogP contribution in [0.15, 0.2) is 48.8 Å². The first-order valence-electron chi connectivity index (χ1n) is 6.18. The highest BCUT2D eigenvalue weighted by Crippen LogP contribution is 2.33. The summed E-state index contributed by atoms with van der Waals surface area (Å²) in [6.07, 6.45) is 5.09. The molecule has 0 aliphatic carbocycles. The third-order valence-electron chi connectivity index (χ3n) is 3.30. The predicted octanol–water partition coefficient (Wildman–Crippen LogP) is 2.79. The highest BCUT2D eigenvalue weighted by molar-refractivity contribution is 5.70. The summed E-state index contributed by atoms with van der Waals surface area (Å²) >= 11 is 0. The van der Waals surface area contributed by atoms with E-state index in [0.717, 1.165) is 23.2 Å². The lowest BCUT2D eigenvalue weighted by atomic mass is 9.78. The van der Waals surface area contributed by atoms with Crippen LogP contribution in [0.5, 0.6) is 5.75 Å². The molecule has 0 spiro atoms. The van der Waals surface area contributed by atoms with E-state index in [-0.39, 0.29) is 0 Å². The van der Waals surface area contributed by atoms with Crippen molar-refractivity contribution < 1.29 is 9.53 Å². The summed E-state index contributed by atoms with van der Waals surface area (Å²) in [4.78, 5) is 15.6. The van der Waals surface area contributed by atoms with Gasteiger partial charge >= 0.3 is 0 Å². The van der Waals surface area contributed by atoms with Crippen molar-refractivity contribution in [3.63, 3.8) is 0 Å². The number of para-hydroxylation sites is 1. The second kappa shape index (κ2) is 5.65. The zero-order chi connectivity index (χ0) is 13.7. The molecule has 3 heteroatoms. The van der Waals surface area contributed by atoms with Gasteiger partial charge in [0.1, 0.15) is 12.0 Å². The number of aldehydes is 1. The van der Waals surface area contributed by atoms with Crippen LogP contribution in [-0.4, -0.2) is 18.4 Å². The van der Waals surface area contributed by atoms with Crippen LogP contribution in [0.4, 0.5) is 0 Å². The van der Waals surface area contributed by atoms with Crippen LogP contribution in [0.3, 0.4) is 0 Å². The van der Waals surface area contributed by atoms with E-state index in [0.29, 0.717) is 6.42 Å². The molecule has 1 heterocycles. The average Bonchev–Trinajstić information content (AvgIpc) is 2.48. The van der Waals surface area contributed by atoms with Gasteiger partial charge in [-0.15, -0.1) is 0 Å². The van der Waals surface area contributed by atoms with Gasteiger partial charge in [-0.3, -0.25) is 4.98 Å². The molecule has 1 unspecified atom stereocenters. The zero-order valence-corrected chi connectivity index (χ0v) is 11.2. The van der Waals surface area contributed by atoms with Crippen molar-refractivity contribution in [2.75, 3.05) is 7.11 Å². The van der Waals surface area contributed by atoms with E-state index in [2.05, 4.69) is 4.98 Å². The van der Waals surface area contributed by atoms with Crippen molar-refractivity contribution >= 4 is 6.29 Å². The molecular formula is C16H17NO2. The molecule has 2 aromatic rings. The van der Waals surface area contributed by atoms with Crippen LogP contribution in [-0.2, 0) is 16.6 Å². The largest absolute Gasteiger partial charge is 0.496 e. The van der Waals surface area contributed by atoms with Crippen LogP contribution >= 0.6 is 0 Å². The van der Waals surface area contributed by atoms with E-state index in [4.69, 9.17) is 4.74 Å². The van der Waals surface area contributed by atoms with Gasteiger partial charge in [0.2, 0.25) is 0 Å². The standard InChI is InChI=1S/C16H17NO2/c1-16(12-18,11-13-7-9-17-10-8-13)14-5-3-4-6-15(14)19-2/h3-10,12H,11H2,1-2H3. The molecule has 0 fully saturated rings. The minimum Gasteiger partial charge on any atom is -0.496 e. The van der Waals surface area contributed by atoms with Gasteiger partial charge in [-0.1, -0.05) is 18.2 Å². The molecule has 0 amide bonds. The van der Waals surface area contributed by atoms with E-state index in [9.17, 15) is 4.79 Å². The van der Waals surface area contributed by atoms with E-state index in [1.54, 1.807) is 19.5 Å². The van der Waals surface area contributed by atoms with Crippen molar-refractivity contribution in [2.24, 2.45) is 0 Å². The molecule has 19 heavy (non-hydrogen) atoms. The number of ether oxygens (including phenoxy) is 1. The summed E-state index contributed by atoms with van der Waals surface area (Å²) in [6, 6.07) is 11.5. The fourth-order valence-electron chi connectivity index (χ4n) is 2.24. The summed E-state index contributed by atoms with van der Waals surface area (Å²) in [5.74, 6) is 0.742. The average molecular weight is 255 g/mol. The van der Waals surface area contributed by atoms with E-state index in [1.165, 1.54) is 0 Å². The highest BCUT2D eigenvalue weighted by Gasteiger charge is 2.29. The normalized spacial score (nSPS) is 13.6. The molecule has 1 aromatic heterocycles. The Morgan fingerprint density at radius 3 is 2.53 bits per heavy atom. The Kier molecular flexibility index (Phi) is 3.95. The maximum absolute atomic E-state index is 11.6. The predicted molar refractivity (Wildman–Crippen MR) is 74.4 cm³/mol. The summed E-state index contributed by atoms with van der Waals surface area (Å²) in [5, 5.41) is 0. The Bertz CT molecular complexity index is 554. The third-order valence-corrected chi connectivity index (χ3v) is 3.30. The fourth-order valence-corrected chi connectivity index (χ4v) is 2.24. The van der Waals surface area contributed by atoms with Crippen LogP contribution < -0.4 is 4.74 Å². The number of carbonyl (C=O) groups is 1. The Balaban J connectivity index is 2.39. The van der Waals surface area contributed by atoms with Crippen molar-refractivity contribution in [3.8, 4) is 5.75 Å². The van der Waals surface area contributed by atoms with Crippen molar-refractivity contribution in [1.29, 1.82) is 0 Å². The third kappa shape index (κ3) is 2.81. The van der Waals surface area contributed by atoms with Crippen LogP contribution in [0.2, 0.25) is 0 Å². The second-order valence-corrected chi connectivity index (χ2v) is 4.77. The maximum atomic E-state index is 11.6. The molecule has 1 atom stereocenters. The van der Waals surface area contributed by atoms with E-state index < -0.39 is 5.41 Å². The van der Waals surface area contributed by atoms with Gasteiger partial charge in [-0.2, -0.15) is 0 Å². The quantitative estimate of drug-likeness (QED) is 0.771. The second-order valence-electron chi connectivity index (χ2n) is 4.77. The first-order valence-corrected chi connectivity index (χ1v) is 6.18. The van der Waals surface area contributed by atoms with Crippen molar-refractivity contribution in [2.45, 2.75) is 18.8 Å². The number of hydrogen-bond donors (Lipinski definition) is 0. The number of rotatable bonds is 5. The minimum atomic E-state index is -0.603. The van der Waals surface area contributed by atoms with Gasteiger partial charge in [0.05, 0.1) is 12.5 Å². The van der Waals surface area contributed by atoms with Gasteiger partial charge in [0, 0.05) is 18.0 Å². The Morgan fingerprint density at radius 1 is 1.21 bits per heavy atom. The number of aromatic nitrogens is 1. The molecule has 0 N–H and O–H groups in total. The Hall–Kier alpha value is -2.16. The van der Waals surface area contributed by atoms with Gasteiger partial charge in [-0.05, 0) is 37.1 Å². The van der Waals surface area contributed by atoms with Crippen LogP contribution in [0, 0.1) is 0 Å². The summed E-state index contributed by atoms with van der Waals surface area (Å²) in [6.45, 7) is 1.93. The molecule has 0 aliphatic heterocycles. The van der Waals surface area contributed by atoms with Gasteiger partial charge in [0.25, 0.3) is 0 Å². The zero-order valence-electron chi connectivity index (χ0n) is 11.2. The summed E-state index contributed by atoms with van der Waals surface area (Å²) in [7, 11) is 1.62. The lowest BCUT2D eigenvalue weighted by molar-refractivity contribution is -0.112. The first kappa shape index (κ1) is 13.3. The smallest absolute Gasteiger partial charge is 0.130 e. The molecule has 3 nitrogen and oxygen atoms in total. The minimum absolute atomic E-state index is 0.603. The number of benzene rings is 1. The Morgan fingerprint density at radius 2 is 1.89 bits per heavy atom. The van der Waals surface area contributed by atoms with Crippen molar-refractivity contribution in [3.05, 3.63) is 59.9 Å².